The molecule has 0 amide bonds. The number of piperazine rings is 1. The molecule has 2 aromatic rings. The SMILES string of the molecule is CC(C)(C)c1cccc(OCC2CCC3CN(c4ncc(F)cn4)CCN3C2)c1. The highest BCUT2D eigenvalue weighted by Gasteiger charge is 2.33. The van der Waals surface area contributed by atoms with Crippen molar-refractivity contribution in [1.29, 1.82) is 0 Å². The molecule has 2 fully saturated rings. The summed E-state index contributed by atoms with van der Waals surface area (Å²) in [5, 5.41) is 0. The van der Waals surface area contributed by atoms with E-state index in [1.165, 1.54) is 18.0 Å². The molecular formula is C23H31FN4O. The molecule has 0 aliphatic carbocycles. The number of piperidine rings is 1. The summed E-state index contributed by atoms with van der Waals surface area (Å²) in [6, 6.07) is 9.00. The number of hydrogen-bond acceptors (Lipinski definition) is 5. The van der Waals surface area contributed by atoms with E-state index in [2.05, 4.69) is 64.8 Å². The van der Waals surface area contributed by atoms with Crippen LogP contribution in [-0.2, 0) is 5.41 Å². The topological polar surface area (TPSA) is 41.5 Å². The van der Waals surface area contributed by atoms with Crippen LogP contribution in [0.5, 0.6) is 5.75 Å². The molecule has 2 aliphatic rings. The summed E-state index contributed by atoms with van der Waals surface area (Å²) < 4.78 is 19.2. The van der Waals surface area contributed by atoms with E-state index in [-0.39, 0.29) is 11.2 Å². The summed E-state index contributed by atoms with van der Waals surface area (Å²) in [5.74, 6) is 1.77. The summed E-state index contributed by atoms with van der Waals surface area (Å²) in [7, 11) is 0. The predicted octanol–water partition coefficient (Wildman–Crippen LogP) is 3.89. The lowest BCUT2D eigenvalue weighted by molar-refractivity contribution is 0.0725. The number of halogens is 1. The second kappa shape index (κ2) is 8.27. The fraction of sp³-hybridized carbons (Fsp3) is 0.565. The van der Waals surface area contributed by atoms with E-state index in [4.69, 9.17) is 4.74 Å². The Morgan fingerprint density at radius 3 is 2.66 bits per heavy atom. The first-order chi connectivity index (χ1) is 13.9. The first kappa shape index (κ1) is 20.1. The summed E-state index contributed by atoms with van der Waals surface area (Å²) >= 11 is 0. The molecule has 6 heteroatoms. The third-order valence-electron chi connectivity index (χ3n) is 6.08. The minimum atomic E-state index is -0.388. The fourth-order valence-corrected chi connectivity index (χ4v) is 4.31. The molecule has 0 saturated carbocycles. The zero-order valence-electron chi connectivity index (χ0n) is 17.6. The summed E-state index contributed by atoms with van der Waals surface area (Å²) in [6.07, 6.45) is 4.81. The summed E-state index contributed by atoms with van der Waals surface area (Å²) in [4.78, 5) is 13.0. The molecule has 1 aromatic heterocycles. The van der Waals surface area contributed by atoms with Gasteiger partial charge < -0.3 is 9.64 Å². The van der Waals surface area contributed by atoms with E-state index in [9.17, 15) is 4.39 Å². The zero-order chi connectivity index (χ0) is 20.4. The average molecular weight is 399 g/mol. The average Bonchev–Trinajstić information content (AvgIpc) is 2.72. The molecule has 0 radical (unpaired) electrons. The number of nitrogens with zero attached hydrogens (tertiary/aromatic N) is 4. The van der Waals surface area contributed by atoms with Crippen molar-refractivity contribution in [3.63, 3.8) is 0 Å². The Morgan fingerprint density at radius 1 is 1.10 bits per heavy atom. The number of fused-ring (bicyclic) bond motifs is 1. The minimum absolute atomic E-state index is 0.130. The van der Waals surface area contributed by atoms with Crippen molar-refractivity contribution in [2.45, 2.75) is 45.1 Å². The molecular weight excluding hydrogens is 367 g/mol. The van der Waals surface area contributed by atoms with Crippen molar-refractivity contribution < 1.29 is 9.13 Å². The second-order valence-corrected chi connectivity index (χ2v) is 9.33. The van der Waals surface area contributed by atoms with E-state index in [0.29, 0.717) is 17.9 Å². The van der Waals surface area contributed by atoms with Gasteiger partial charge in [-0.05, 0) is 36.0 Å². The van der Waals surface area contributed by atoms with Crippen molar-refractivity contribution in [2.24, 2.45) is 5.92 Å². The lowest BCUT2D eigenvalue weighted by Crippen LogP contribution is -2.57. The van der Waals surface area contributed by atoms with Gasteiger partial charge in [0.1, 0.15) is 5.75 Å². The molecule has 2 saturated heterocycles. The number of ether oxygens (including phenoxy) is 1. The van der Waals surface area contributed by atoms with Gasteiger partial charge in [0.2, 0.25) is 5.95 Å². The Morgan fingerprint density at radius 2 is 1.90 bits per heavy atom. The molecule has 29 heavy (non-hydrogen) atoms. The van der Waals surface area contributed by atoms with Crippen molar-refractivity contribution >= 4 is 5.95 Å². The fourth-order valence-electron chi connectivity index (χ4n) is 4.31. The molecule has 4 rings (SSSR count). The van der Waals surface area contributed by atoms with Gasteiger partial charge in [-0.1, -0.05) is 32.9 Å². The Balaban J connectivity index is 1.30. The van der Waals surface area contributed by atoms with Crippen LogP contribution < -0.4 is 9.64 Å². The van der Waals surface area contributed by atoms with Crippen molar-refractivity contribution in [3.05, 3.63) is 48.0 Å². The van der Waals surface area contributed by atoms with Crippen molar-refractivity contribution in [3.8, 4) is 5.75 Å². The lowest BCUT2D eigenvalue weighted by Gasteiger charge is -2.46. The first-order valence-corrected chi connectivity index (χ1v) is 10.6. The molecule has 3 heterocycles. The maximum absolute atomic E-state index is 13.1. The molecule has 0 spiro atoms. The monoisotopic (exact) mass is 398 g/mol. The number of aromatic nitrogens is 2. The van der Waals surface area contributed by atoms with Gasteiger partial charge in [0, 0.05) is 38.1 Å². The van der Waals surface area contributed by atoms with Crippen molar-refractivity contribution in [1.82, 2.24) is 14.9 Å². The van der Waals surface area contributed by atoms with Crippen LogP contribution in [0.3, 0.4) is 0 Å². The van der Waals surface area contributed by atoms with Crippen LogP contribution in [0.4, 0.5) is 10.3 Å². The molecule has 5 nitrogen and oxygen atoms in total. The van der Waals surface area contributed by atoms with Crippen LogP contribution in [0.2, 0.25) is 0 Å². The summed E-state index contributed by atoms with van der Waals surface area (Å²) in [5.41, 5.74) is 1.43. The van der Waals surface area contributed by atoms with Crippen LogP contribution in [0.15, 0.2) is 36.7 Å². The van der Waals surface area contributed by atoms with Gasteiger partial charge in [0.25, 0.3) is 0 Å². The standard InChI is InChI=1S/C23H31FN4O/c1-23(2,3)18-5-4-6-21(11-18)29-16-17-7-8-20-15-28(10-9-27(20)14-17)22-25-12-19(24)13-26-22/h4-6,11-13,17,20H,7-10,14-16H2,1-3H3. The smallest absolute Gasteiger partial charge is 0.225 e. The van der Waals surface area contributed by atoms with Crippen LogP contribution >= 0.6 is 0 Å². The van der Waals surface area contributed by atoms with Crippen LogP contribution in [-0.4, -0.2) is 53.7 Å². The number of hydrogen-bond donors (Lipinski definition) is 0. The molecule has 156 valence electrons. The highest BCUT2D eigenvalue weighted by atomic mass is 19.1. The zero-order valence-corrected chi connectivity index (χ0v) is 17.6. The maximum Gasteiger partial charge on any atom is 0.225 e. The Bertz CT molecular complexity index is 820. The highest BCUT2D eigenvalue weighted by Crippen LogP contribution is 2.29. The van der Waals surface area contributed by atoms with Gasteiger partial charge in [0.15, 0.2) is 5.82 Å². The Kier molecular flexibility index (Phi) is 5.72. The molecule has 0 bridgehead atoms. The van der Waals surface area contributed by atoms with E-state index >= 15 is 0 Å². The van der Waals surface area contributed by atoms with Gasteiger partial charge in [-0.2, -0.15) is 0 Å². The number of benzene rings is 1. The van der Waals surface area contributed by atoms with Gasteiger partial charge >= 0.3 is 0 Å². The van der Waals surface area contributed by atoms with Crippen LogP contribution in [0, 0.1) is 11.7 Å². The number of rotatable bonds is 4. The maximum atomic E-state index is 13.1. The van der Waals surface area contributed by atoms with Gasteiger partial charge in [-0.3, -0.25) is 4.90 Å². The molecule has 0 N–H and O–H groups in total. The van der Waals surface area contributed by atoms with Gasteiger partial charge in [-0.15, -0.1) is 0 Å². The first-order valence-electron chi connectivity index (χ1n) is 10.6. The van der Waals surface area contributed by atoms with Crippen LogP contribution in [0.1, 0.15) is 39.2 Å². The number of anilines is 1. The predicted molar refractivity (Wildman–Crippen MR) is 113 cm³/mol. The van der Waals surface area contributed by atoms with E-state index < -0.39 is 0 Å². The Labute approximate surface area is 172 Å². The molecule has 1 aromatic carbocycles. The molecule has 2 atom stereocenters. The third-order valence-corrected chi connectivity index (χ3v) is 6.08. The van der Waals surface area contributed by atoms with Gasteiger partial charge in [-0.25, -0.2) is 14.4 Å². The van der Waals surface area contributed by atoms with Gasteiger partial charge in [0.05, 0.1) is 19.0 Å². The highest BCUT2D eigenvalue weighted by molar-refractivity contribution is 5.33. The van der Waals surface area contributed by atoms with E-state index in [1.807, 2.05) is 0 Å². The molecule has 2 aliphatic heterocycles. The lowest BCUT2D eigenvalue weighted by atomic mass is 9.87. The van der Waals surface area contributed by atoms with E-state index in [1.54, 1.807) is 0 Å². The van der Waals surface area contributed by atoms with E-state index in [0.717, 1.165) is 51.4 Å². The van der Waals surface area contributed by atoms with Crippen molar-refractivity contribution in [2.75, 3.05) is 37.7 Å². The Hall–Kier alpha value is -2.21. The normalized spacial score (nSPS) is 23.0. The summed E-state index contributed by atoms with van der Waals surface area (Å²) in [6.45, 7) is 11.3. The third kappa shape index (κ3) is 4.86. The largest absolute Gasteiger partial charge is 0.493 e. The second-order valence-electron chi connectivity index (χ2n) is 9.33. The molecule has 2 unspecified atom stereocenters. The quantitative estimate of drug-likeness (QED) is 0.782. The van der Waals surface area contributed by atoms with Crippen LogP contribution in [0.25, 0.3) is 0 Å². The minimum Gasteiger partial charge on any atom is -0.493 e.